The molecular formula is C15H22ClN3O2. The SMILES string of the molecule is CCOc1ccc(CN2C[C@@H](N)C[C@H]2C(=O)NC)cc1Cl. The van der Waals surface area contributed by atoms with Crippen molar-refractivity contribution < 1.29 is 9.53 Å². The van der Waals surface area contributed by atoms with Gasteiger partial charge in [-0.3, -0.25) is 9.69 Å². The number of amides is 1. The summed E-state index contributed by atoms with van der Waals surface area (Å²) in [5.41, 5.74) is 7.04. The molecule has 6 heteroatoms. The Hall–Kier alpha value is -1.30. The number of benzene rings is 1. The maximum Gasteiger partial charge on any atom is 0.237 e. The zero-order valence-electron chi connectivity index (χ0n) is 12.4. The standard InChI is InChI=1S/C15H22ClN3O2/c1-3-21-14-5-4-10(6-12(14)16)8-19-9-11(17)7-13(19)15(20)18-2/h4-6,11,13H,3,7-9,17H2,1-2H3,(H,18,20)/t11-,13-/m0/s1. The molecule has 116 valence electrons. The summed E-state index contributed by atoms with van der Waals surface area (Å²) in [7, 11) is 1.65. The van der Waals surface area contributed by atoms with Crippen LogP contribution in [0.4, 0.5) is 0 Å². The summed E-state index contributed by atoms with van der Waals surface area (Å²) in [6.07, 6.45) is 0.685. The predicted octanol–water partition coefficient (Wildman–Crippen LogP) is 1.39. The first-order chi connectivity index (χ1) is 10.0. The average Bonchev–Trinajstić information content (AvgIpc) is 2.82. The van der Waals surface area contributed by atoms with Crippen LogP contribution in [0.5, 0.6) is 5.75 Å². The van der Waals surface area contributed by atoms with E-state index in [4.69, 9.17) is 22.1 Å². The maximum absolute atomic E-state index is 11.9. The number of likely N-dealkylation sites (N-methyl/N-ethyl adjacent to an activating group) is 1. The van der Waals surface area contributed by atoms with Crippen molar-refractivity contribution in [1.29, 1.82) is 0 Å². The van der Waals surface area contributed by atoms with Gasteiger partial charge < -0.3 is 15.8 Å². The quantitative estimate of drug-likeness (QED) is 0.862. The molecule has 0 aliphatic carbocycles. The van der Waals surface area contributed by atoms with Gasteiger partial charge in [-0.15, -0.1) is 0 Å². The van der Waals surface area contributed by atoms with Gasteiger partial charge in [-0.2, -0.15) is 0 Å². The second kappa shape index (κ2) is 7.11. The summed E-state index contributed by atoms with van der Waals surface area (Å²) < 4.78 is 5.43. The number of nitrogens with two attached hydrogens (primary N) is 1. The Kier molecular flexibility index (Phi) is 5.45. The van der Waals surface area contributed by atoms with Gasteiger partial charge in [-0.05, 0) is 31.0 Å². The van der Waals surface area contributed by atoms with E-state index in [9.17, 15) is 4.79 Å². The molecule has 1 aromatic carbocycles. The topological polar surface area (TPSA) is 67.6 Å². The molecule has 1 aromatic rings. The number of nitrogens with one attached hydrogen (secondary N) is 1. The summed E-state index contributed by atoms with van der Waals surface area (Å²) in [4.78, 5) is 14.0. The number of nitrogens with zero attached hydrogens (tertiary/aromatic N) is 1. The van der Waals surface area contributed by atoms with Gasteiger partial charge in [-0.1, -0.05) is 17.7 Å². The Balaban J connectivity index is 2.09. The molecule has 1 saturated heterocycles. The van der Waals surface area contributed by atoms with E-state index in [0.717, 1.165) is 5.56 Å². The third-order valence-electron chi connectivity index (χ3n) is 3.67. The number of carbonyl (C=O) groups is 1. The van der Waals surface area contributed by atoms with Gasteiger partial charge in [0.15, 0.2) is 0 Å². The van der Waals surface area contributed by atoms with Crippen LogP contribution in [-0.4, -0.2) is 43.1 Å². The molecule has 1 fully saturated rings. The Labute approximate surface area is 130 Å². The second-order valence-electron chi connectivity index (χ2n) is 5.25. The fraction of sp³-hybridized carbons (Fsp3) is 0.533. The van der Waals surface area contributed by atoms with Crippen LogP contribution >= 0.6 is 11.6 Å². The summed E-state index contributed by atoms with van der Waals surface area (Å²) in [5, 5.41) is 3.29. The van der Waals surface area contributed by atoms with E-state index in [-0.39, 0.29) is 18.0 Å². The van der Waals surface area contributed by atoms with Crippen molar-refractivity contribution in [2.24, 2.45) is 5.73 Å². The molecule has 0 bridgehead atoms. The number of hydrogen-bond acceptors (Lipinski definition) is 4. The van der Waals surface area contributed by atoms with Crippen LogP contribution in [-0.2, 0) is 11.3 Å². The lowest BCUT2D eigenvalue weighted by molar-refractivity contribution is -0.125. The van der Waals surface area contributed by atoms with E-state index < -0.39 is 0 Å². The van der Waals surface area contributed by atoms with Crippen LogP contribution in [0.25, 0.3) is 0 Å². The molecule has 1 amide bonds. The van der Waals surface area contributed by atoms with Crippen molar-refractivity contribution in [3.05, 3.63) is 28.8 Å². The van der Waals surface area contributed by atoms with Gasteiger partial charge in [0.2, 0.25) is 5.91 Å². The highest BCUT2D eigenvalue weighted by molar-refractivity contribution is 6.32. The van der Waals surface area contributed by atoms with Gasteiger partial charge in [0.1, 0.15) is 5.75 Å². The molecule has 0 unspecified atom stereocenters. The first-order valence-corrected chi connectivity index (χ1v) is 7.55. The van der Waals surface area contributed by atoms with Crippen molar-refractivity contribution in [3.8, 4) is 5.75 Å². The van der Waals surface area contributed by atoms with Crippen molar-refractivity contribution >= 4 is 17.5 Å². The first-order valence-electron chi connectivity index (χ1n) is 7.17. The molecule has 0 saturated carbocycles. The predicted molar refractivity (Wildman–Crippen MR) is 83.5 cm³/mol. The number of likely N-dealkylation sites (tertiary alicyclic amines) is 1. The molecular weight excluding hydrogens is 290 g/mol. The summed E-state index contributed by atoms with van der Waals surface area (Å²) >= 11 is 6.20. The molecule has 1 heterocycles. The second-order valence-corrected chi connectivity index (χ2v) is 5.66. The Bertz CT molecular complexity index is 510. The largest absolute Gasteiger partial charge is 0.492 e. The van der Waals surface area contributed by atoms with Gasteiger partial charge in [0, 0.05) is 26.2 Å². The number of halogens is 1. The number of rotatable bonds is 5. The molecule has 3 N–H and O–H groups in total. The van der Waals surface area contributed by atoms with Gasteiger partial charge >= 0.3 is 0 Å². The van der Waals surface area contributed by atoms with Crippen LogP contribution < -0.4 is 15.8 Å². The van der Waals surface area contributed by atoms with E-state index in [1.165, 1.54) is 0 Å². The van der Waals surface area contributed by atoms with Crippen molar-refractivity contribution in [2.75, 3.05) is 20.2 Å². The monoisotopic (exact) mass is 311 g/mol. The van der Waals surface area contributed by atoms with E-state index in [0.29, 0.717) is 36.9 Å². The third kappa shape index (κ3) is 3.87. The minimum absolute atomic E-state index is 0.0139. The van der Waals surface area contributed by atoms with Crippen molar-refractivity contribution in [2.45, 2.75) is 32.0 Å². The van der Waals surface area contributed by atoms with Gasteiger partial charge in [0.05, 0.1) is 17.7 Å². The van der Waals surface area contributed by atoms with E-state index >= 15 is 0 Å². The van der Waals surface area contributed by atoms with Crippen LogP contribution in [0.15, 0.2) is 18.2 Å². The minimum Gasteiger partial charge on any atom is -0.492 e. The fourth-order valence-corrected chi connectivity index (χ4v) is 2.96. The molecule has 0 spiro atoms. The lowest BCUT2D eigenvalue weighted by Crippen LogP contribution is -2.41. The molecule has 0 aromatic heterocycles. The summed E-state index contributed by atoms with van der Waals surface area (Å²) in [6, 6.07) is 5.59. The van der Waals surface area contributed by atoms with Crippen LogP contribution in [0, 0.1) is 0 Å². The smallest absolute Gasteiger partial charge is 0.237 e. The molecule has 21 heavy (non-hydrogen) atoms. The Morgan fingerprint density at radius 3 is 2.95 bits per heavy atom. The lowest BCUT2D eigenvalue weighted by Gasteiger charge is -2.23. The lowest BCUT2D eigenvalue weighted by atomic mass is 10.1. The molecule has 1 aliphatic heterocycles. The molecule has 2 rings (SSSR count). The number of hydrogen-bond donors (Lipinski definition) is 2. The van der Waals surface area contributed by atoms with E-state index in [1.807, 2.05) is 25.1 Å². The molecule has 0 radical (unpaired) electrons. The van der Waals surface area contributed by atoms with E-state index in [1.54, 1.807) is 7.05 Å². The fourth-order valence-electron chi connectivity index (χ4n) is 2.70. The highest BCUT2D eigenvalue weighted by atomic mass is 35.5. The maximum atomic E-state index is 11.9. The van der Waals surface area contributed by atoms with Gasteiger partial charge in [-0.25, -0.2) is 0 Å². The van der Waals surface area contributed by atoms with E-state index in [2.05, 4.69) is 10.2 Å². The molecule has 1 aliphatic rings. The summed E-state index contributed by atoms with van der Waals surface area (Å²) in [5.74, 6) is 0.698. The molecule has 5 nitrogen and oxygen atoms in total. The minimum atomic E-state index is -0.171. The number of ether oxygens (including phenoxy) is 1. The molecule has 2 atom stereocenters. The summed E-state index contributed by atoms with van der Waals surface area (Å²) in [6.45, 7) is 3.86. The number of carbonyl (C=O) groups excluding carboxylic acids is 1. The first kappa shape index (κ1) is 16.1. The van der Waals surface area contributed by atoms with Gasteiger partial charge in [0.25, 0.3) is 0 Å². The van der Waals surface area contributed by atoms with Crippen molar-refractivity contribution in [1.82, 2.24) is 10.2 Å². The Morgan fingerprint density at radius 2 is 2.33 bits per heavy atom. The van der Waals surface area contributed by atoms with Crippen molar-refractivity contribution in [3.63, 3.8) is 0 Å². The van der Waals surface area contributed by atoms with Crippen LogP contribution in [0.1, 0.15) is 18.9 Å². The third-order valence-corrected chi connectivity index (χ3v) is 3.96. The Morgan fingerprint density at radius 1 is 1.57 bits per heavy atom. The van der Waals surface area contributed by atoms with Crippen LogP contribution in [0.2, 0.25) is 5.02 Å². The zero-order chi connectivity index (χ0) is 15.4. The average molecular weight is 312 g/mol. The van der Waals surface area contributed by atoms with Crippen LogP contribution in [0.3, 0.4) is 0 Å². The normalized spacial score (nSPS) is 22.3. The highest BCUT2D eigenvalue weighted by Gasteiger charge is 2.34. The zero-order valence-corrected chi connectivity index (χ0v) is 13.2. The highest BCUT2D eigenvalue weighted by Crippen LogP contribution is 2.27.